The number of halogens is 1. The molecule has 0 aliphatic carbocycles. The summed E-state index contributed by atoms with van der Waals surface area (Å²) < 4.78 is 3.29. The Hall–Kier alpha value is -0.100. The third-order valence-electron chi connectivity index (χ3n) is 2.54. The van der Waals surface area contributed by atoms with Gasteiger partial charge in [-0.05, 0) is 48.5 Å². The fourth-order valence-corrected chi connectivity index (χ4v) is 2.32. The van der Waals surface area contributed by atoms with Gasteiger partial charge in [-0.3, -0.25) is 4.68 Å². The Labute approximate surface area is 92.2 Å². The van der Waals surface area contributed by atoms with E-state index in [1.54, 1.807) is 0 Å². The molecule has 13 heavy (non-hydrogen) atoms. The minimum absolute atomic E-state index is 0.792. The van der Waals surface area contributed by atoms with Crippen molar-refractivity contribution in [1.82, 2.24) is 14.7 Å². The lowest BCUT2D eigenvalue weighted by Crippen LogP contribution is -2.17. The Morgan fingerprint density at radius 2 is 2.54 bits per heavy atom. The van der Waals surface area contributed by atoms with E-state index < -0.39 is 0 Å². The molecule has 72 valence electrons. The zero-order chi connectivity index (χ0) is 9.26. The third-order valence-corrected chi connectivity index (χ3v) is 3.09. The number of rotatable bonds is 2. The molecule has 2 rings (SSSR count). The maximum atomic E-state index is 4.29. The maximum absolute atomic E-state index is 4.29. The number of aromatic nitrogens is 2. The lowest BCUT2D eigenvalue weighted by molar-refractivity contribution is 0.370. The Morgan fingerprint density at radius 1 is 1.69 bits per heavy atom. The van der Waals surface area contributed by atoms with Crippen LogP contribution in [0, 0.1) is 9.49 Å². The number of hydrogen-bond donors (Lipinski definition) is 0. The molecule has 0 spiro atoms. The van der Waals surface area contributed by atoms with Crippen molar-refractivity contribution in [3.8, 4) is 0 Å². The van der Waals surface area contributed by atoms with Crippen LogP contribution in [0.4, 0.5) is 0 Å². The minimum Gasteiger partial charge on any atom is -0.306 e. The highest BCUT2D eigenvalue weighted by atomic mass is 127. The Kier molecular flexibility index (Phi) is 2.88. The number of likely N-dealkylation sites (tertiary alicyclic amines) is 1. The van der Waals surface area contributed by atoms with Crippen LogP contribution in [0.5, 0.6) is 0 Å². The first kappa shape index (κ1) is 9.45. The van der Waals surface area contributed by atoms with Gasteiger partial charge in [-0.2, -0.15) is 5.10 Å². The molecule has 1 atom stereocenters. The van der Waals surface area contributed by atoms with Crippen molar-refractivity contribution in [2.24, 2.45) is 5.92 Å². The van der Waals surface area contributed by atoms with E-state index in [1.807, 2.05) is 6.20 Å². The van der Waals surface area contributed by atoms with E-state index in [1.165, 1.54) is 23.1 Å². The van der Waals surface area contributed by atoms with Crippen molar-refractivity contribution in [3.63, 3.8) is 0 Å². The predicted octanol–water partition coefficient (Wildman–Crippen LogP) is 1.44. The Balaban J connectivity index is 1.91. The van der Waals surface area contributed by atoms with E-state index in [9.17, 15) is 0 Å². The summed E-state index contributed by atoms with van der Waals surface area (Å²) in [6, 6.07) is 0. The van der Waals surface area contributed by atoms with Gasteiger partial charge in [0.15, 0.2) is 0 Å². The van der Waals surface area contributed by atoms with Crippen molar-refractivity contribution >= 4 is 22.6 Å². The first-order valence-corrected chi connectivity index (χ1v) is 5.68. The zero-order valence-corrected chi connectivity index (χ0v) is 9.94. The molecule has 0 radical (unpaired) electrons. The quantitative estimate of drug-likeness (QED) is 0.769. The molecule has 2 heterocycles. The number of hydrogen-bond acceptors (Lipinski definition) is 2. The van der Waals surface area contributed by atoms with Crippen LogP contribution in [0.2, 0.25) is 0 Å². The maximum Gasteiger partial charge on any atom is 0.0623 e. The molecule has 0 amide bonds. The van der Waals surface area contributed by atoms with Gasteiger partial charge in [0.1, 0.15) is 0 Å². The zero-order valence-electron chi connectivity index (χ0n) is 7.78. The molecule has 3 nitrogen and oxygen atoms in total. The van der Waals surface area contributed by atoms with Crippen molar-refractivity contribution in [1.29, 1.82) is 0 Å². The summed E-state index contributed by atoms with van der Waals surface area (Å²) >= 11 is 2.30. The topological polar surface area (TPSA) is 21.1 Å². The van der Waals surface area contributed by atoms with Gasteiger partial charge in [-0.1, -0.05) is 0 Å². The second-order valence-electron chi connectivity index (χ2n) is 3.80. The highest BCUT2D eigenvalue weighted by Crippen LogP contribution is 2.16. The third kappa shape index (κ3) is 2.43. The van der Waals surface area contributed by atoms with Crippen LogP contribution in [-0.2, 0) is 6.54 Å². The molecule has 0 unspecified atom stereocenters. The lowest BCUT2D eigenvalue weighted by atomic mass is 10.1. The largest absolute Gasteiger partial charge is 0.306 e. The van der Waals surface area contributed by atoms with Crippen molar-refractivity contribution in [2.75, 3.05) is 20.1 Å². The summed E-state index contributed by atoms with van der Waals surface area (Å²) in [5, 5.41) is 4.29. The molecular weight excluding hydrogens is 277 g/mol. The predicted molar refractivity (Wildman–Crippen MR) is 60.5 cm³/mol. The monoisotopic (exact) mass is 291 g/mol. The normalized spacial score (nSPS) is 24.0. The van der Waals surface area contributed by atoms with E-state index in [0.717, 1.165) is 12.5 Å². The smallest absolute Gasteiger partial charge is 0.0623 e. The highest BCUT2D eigenvalue weighted by molar-refractivity contribution is 14.1. The molecule has 4 heteroatoms. The van der Waals surface area contributed by atoms with Gasteiger partial charge in [-0.15, -0.1) is 0 Å². The molecule has 1 aromatic heterocycles. The van der Waals surface area contributed by atoms with Crippen LogP contribution in [0.3, 0.4) is 0 Å². The standard InChI is InChI=1S/C9H14IN3/c1-12-3-2-8(5-12)6-13-7-9(10)4-11-13/h4,7-8H,2-3,5-6H2,1H3/t8-/m0/s1. The van der Waals surface area contributed by atoms with Gasteiger partial charge in [-0.25, -0.2) is 0 Å². The van der Waals surface area contributed by atoms with E-state index in [-0.39, 0.29) is 0 Å². The Morgan fingerprint density at radius 3 is 3.08 bits per heavy atom. The second-order valence-corrected chi connectivity index (χ2v) is 5.04. The molecule has 1 fully saturated rings. The molecule has 0 aromatic carbocycles. The van der Waals surface area contributed by atoms with Crippen LogP contribution in [0.1, 0.15) is 6.42 Å². The molecule has 1 saturated heterocycles. The molecule has 1 aliphatic heterocycles. The summed E-state index contributed by atoms with van der Waals surface area (Å²) in [5.41, 5.74) is 0. The summed E-state index contributed by atoms with van der Waals surface area (Å²) in [7, 11) is 2.19. The highest BCUT2D eigenvalue weighted by Gasteiger charge is 2.19. The fourth-order valence-electron chi connectivity index (χ4n) is 1.88. The van der Waals surface area contributed by atoms with E-state index in [0.29, 0.717) is 0 Å². The van der Waals surface area contributed by atoms with Crippen molar-refractivity contribution < 1.29 is 0 Å². The van der Waals surface area contributed by atoms with Gasteiger partial charge < -0.3 is 4.90 Å². The number of nitrogens with zero attached hydrogens (tertiary/aromatic N) is 3. The molecular formula is C9H14IN3. The molecule has 0 N–H and O–H groups in total. The van der Waals surface area contributed by atoms with Crippen LogP contribution >= 0.6 is 22.6 Å². The Bertz CT molecular complexity index is 284. The van der Waals surface area contributed by atoms with Crippen LogP contribution in [0.15, 0.2) is 12.4 Å². The lowest BCUT2D eigenvalue weighted by Gasteiger charge is -2.09. The van der Waals surface area contributed by atoms with Gasteiger partial charge in [0.05, 0.1) is 9.77 Å². The van der Waals surface area contributed by atoms with Crippen LogP contribution in [0.25, 0.3) is 0 Å². The summed E-state index contributed by atoms with van der Waals surface area (Å²) in [6.07, 6.45) is 5.34. The minimum atomic E-state index is 0.792. The summed E-state index contributed by atoms with van der Waals surface area (Å²) in [5.74, 6) is 0.792. The van der Waals surface area contributed by atoms with Crippen LogP contribution < -0.4 is 0 Å². The van der Waals surface area contributed by atoms with Gasteiger partial charge in [0, 0.05) is 19.3 Å². The molecule has 0 bridgehead atoms. The molecule has 0 saturated carbocycles. The van der Waals surface area contributed by atoms with Gasteiger partial charge in [0.2, 0.25) is 0 Å². The second kappa shape index (κ2) is 3.96. The van der Waals surface area contributed by atoms with Gasteiger partial charge >= 0.3 is 0 Å². The fraction of sp³-hybridized carbons (Fsp3) is 0.667. The summed E-state index contributed by atoms with van der Waals surface area (Å²) in [6.45, 7) is 3.53. The average molecular weight is 291 g/mol. The van der Waals surface area contributed by atoms with E-state index in [2.05, 4.69) is 50.5 Å². The SMILES string of the molecule is CN1CC[C@H](Cn2cc(I)cn2)C1. The molecule has 1 aliphatic rings. The molecule has 1 aromatic rings. The van der Waals surface area contributed by atoms with Gasteiger partial charge in [0.25, 0.3) is 0 Å². The van der Waals surface area contributed by atoms with Crippen molar-refractivity contribution in [2.45, 2.75) is 13.0 Å². The summed E-state index contributed by atoms with van der Waals surface area (Å²) in [4.78, 5) is 2.39. The average Bonchev–Trinajstić information content (AvgIpc) is 2.62. The van der Waals surface area contributed by atoms with Crippen molar-refractivity contribution in [3.05, 3.63) is 16.0 Å². The van der Waals surface area contributed by atoms with E-state index >= 15 is 0 Å². The van der Waals surface area contributed by atoms with Crippen LogP contribution in [-0.4, -0.2) is 34.8 Å². The first-order chi connectivity index (χ1) is 6.24. The van der Waals surface area contributed by atoms with E-state index in [4.69, 9.17) is 0 Å². The first-order valence-electron chi connectivity index (χ1n) is 4.60.